The van der Waals surface area contributed by atoms with Gasteiger partial charge < -0.3 is 18.7 Å². The molecule has 4 aromatic rings. The molecule has 0 N–H and O–H groups in total. The highest BCUT2D eigenvalue weighted by Gasteiger charge is 2.39. The van der Waals surface area contributed by atoms with E-state index in [0.29, 0.717) is 25.1 Å². The van der Waals surface area contributed by atoms with E-state index < -0.39 is 17.7 Å². The second-order valence-electron chi connectivity index (χ2n) is 10.2. The zero-order valence-corrected chi connectivity index (χ0v) is 21.7. The third kappa shape index (κ3) is 4.09. The Morgan fingerprint density at radius 1 is 1.08 bits per heavy atom. The van der Waals surface area contributed by atoms with Gasteiger partial charge in [0.05, 0.1) is 28.9 Å². The third-order valence-electron chi connectivity index (χ3n) is 7.85. The number of aromatic nitrogens is 3. The molecule has 9 heteroatoms. The smallest absolute Gasteiger partial charge is 0.227 e. The molecular weight excluding hydrogens is 490 g/mol. The number of carbonyl (C=O) groups is 1. The zero-order chi connectivity index (χ0) is 26.6. The Morgan fingerprint density at radius 3 is 2.66 bits per heavy atom. The van der Waals surface area contributed by atoms with Crippen molar-refractivity contribution in [3.8, 4) is 11.1 Å². The van der Waals surface area contributed by atoms with Gasteiger partial charge in [-0.05, 0) is 76.3 Å². The van der Waals surface area contributed by atoms with E-state index in [0.717, 1.165) is 70.8 Å². The van der Waals surface area contributed by atoms with E-state index in [1.807, 2.05) is 26.8 Å². The van der Waals surface area contributed by atoms with Crippen LogP contribution in [-0.4, -0.2) is 33.3 Å². The quantitative estimate of drug-likeness (QED) is 0.287. The molecule has 7 nitrogen and oxygen atoms in total. The minimum atomic E-state index is -0.978. The molecule has 3 atom stereocenters. The predicted molar refractivity (Wildman–Crippen MR) is 139 cm³/mol. The van der Waals surface area contributed by atoms with Crippen LogP contribution in [0.1, 0.15) is 68.4 Å². The van der Waals surface area contributed by atoms with Crippen LogP contribution in [-0.2, 0) is 9.53 Å². The van der Waals surface area contributed by atoms with Crippen molar-refractivity contribution in [1.82, 2.24) is 14.7 Å². The van der Waals surface area contributed by atoms with Gasteiger partial charge >= 0.3 is 0 Å². The summed E-state index contributed by atoms with van der Waals surface area (Å²) in [6.45, 7) is 6.47. The second kappa shape index (κ2) is 9.62. The first-order valence-electron chi connectivity index (χ1n) is 13.2. The van der Waals surface area contributed by atoms with E-state index in [4.69, 9.17) is 14.2 Å². The van der Waals surface area contributed by atoms with Crippen LogP contribution in [0.15, 0.2) is 40.9 Å². The fraction of sp³-hybridized carbons (Fsp3) is 0.414. The molecular formula is C29H30F2N4O3. The molecule has 6 rings (SSSR count). The molecule has 0 spiro atoms. The second-order valence-corrected chi connectivity index (χ2v) is 10.2. The van der Waals surface area contributed by atoms with Crippen molar-refractivity contribution in [3.05, 3.63) is 65.3 Å². The molecule has 3 heterocycles. The van der Waals surface area contributed by atoms with Gasteiger partial charge in [-0.25, -0.2) is 13.8 Å². The fourth-order valence-electron chi connectivity index (χ4n) is 6.21. The summed E-state index contributed by atoms with van der Waals surface area (Å²) in [5.74, 6) is -0.552. The first kappa shape index (κ1) is 24.7. The van der Waals surface area contributed by atoms with Gasteiger partial charge in [0.2, 0.25) is 5.91 Å². The summed E-state index contributed by atoms with van der Waals surface area (Å²) in [5, 5.41) is 4.10. The van der Waals surface area contributed by atoms with Crippen LogP contribution in [0.3, 0.4) is 0 Å². The highest BCUT2D eigenvalue weighted by atomic mass is 19.2. The number of fused-ring (bicyclic) bond motifs is 1. The number of ether oxygens (including phenoxy) is 1. The predicted octanol–water partition coefficient (Wildman–Crippen LogP) is 6.58. The van der Waals surface area contributed by atoms with Gasteiger partial charge in [0.25, 0.3) is 0 Å². The van der Waals surface area contributed by atoms with Crippen LogP contribution in [0.25, 0.3) is 22.2 Å². The van der Waals surface area contributed by atoms with Crippen LogP contribution >= 0.6 is 0 Å². The number of aryl methyl sites for hydroxylation is 2. The van der Waals surface area contributed by atoms with Gasteiger partial charge in [-0.3, -0.25) is 4.79 Å². The summed E-state index contributed by atoms with van der Waals surface area (Å²) < 4.78 is 41.5. The number of rotatable bonds is 6. The standard InChI is InChI=1S/C29H30F2N4O3/c1-4-37-21-8-6-19(14-21)35-25-10-5-18(28-16(2)33-38-17(28)3)13-24(25)32-29(35)26-11-12-27(36)34(26)20-7-9-22(30)23(31)15-20/h5,7,9-10,13,15,19,21,26H,4,6,8,11-12,14H2,1-3H3/t19-,21-,26?/m1/s1. The highest BCUT2D eigenvalue weighted by Crippen LogP contribution is 2.43. The Labute approximate surface area is 219 Å². The number of benzene rings is 2. The van der Waals surface area contributed by atoms with Crippen molar-refractivity contribution in [1.29, 1.82) is 0 Å². The third-order valence-corrected chi connectivity index (χ3v) is 7.85. The molecule has 2 fully saturated rings. The molecule has 1 aliphatic carbocycles. The number of carbonyl (C=O) groups excluding carboxylic acids is 1. The Kier molecular flexibility index (Phi) is 6.26. The van der Waals surface area contributed by atoms with E-state index in [-0.39, 0.29) is 18.1 Å². The number of hydrogen-bond donors (Lipinski definition) is 0. The van der Waals surface area contributed by atoms with Crippen LogP contribution < -0.4 is 4.90 Å². The summed E-state index contributed by atoms with van der Waals surface area (Å²) in [7, 11) is 0. The minimum absolute atomic E-state index is 0.130. The molecule has 2 aromatic carbocycles. The normalized spacial score (nSPS) is 21.8. The maximum absolute atomic E-state index is 14.2. The van der Waals surface area contributed by atoms with Crippen LogP contribution in [0.2, 0.25) is 0 Å². The van der Waals surface area contributed by atoms with Gasteiger partial charge in [0.1, 0.15) is 11.6 Å². The molecule has 1 amide bonds. The van der Waals surface area contributed by atoms with Crippen molar-refractivity contribution < 1.29 is 22.8 Å². The van der Waals surface area contributed by atoms with Gasteiger partial charge in [-0.2, -0.15) is 0 Å². The number of hydrogen-bond acceptors (Lipinski definition) is 5. The minimum Gasteiger partial charge on any atom is -0.378 e. The van der Waals surface area contributed by atoms with Crippen molar-refractivity contribution in [3.63, 3.8) is 0 Å². The summed E-state index contributed by atoms with van der Waals surface area (Å²) >= 11 is 0. The molecule has 1 aliphatic heterocycles. The number of anilines is 1. The SMILES string of the molecule is CCO[C@@H]1CC[C@@H](n2c(C3CCC(=O)N3c3ccc(F)c(F)c3)nc3cc(-c4c(C)noc4C)ccc32)C1. The van der Waals surface area contributed by atoms with Crippen molar-refractivity contribution >= 4 is 22.6 Å². The maximum Gasteiger partial charge on any atom is 0.227 e. The van der Waals surface area contributed by atoms with Gasteiger partial charge in [-0.15, -0.1) is 0 Å². The van der Waals surface area contributed by atoms with Crippen LogP contribution in [0.4, 0.5) is 14.5 Å². The van der Waals surface area contributed by atoms with E-state index in [1.54, 1.807) is 4.90 Å². The van der Waals surface area contributed by atoms with Crippen molar-refractivity contribution in [2.45, 2.75) is 71.1 Å². The lowest BCUT2D eigenvalue weighted by Gasteiger charge is -2.27. The average Bonchev–Trinajstić information content (AvgIpc) is 3.66. The molecule has 2 aromatic heterocycles. The Hall–Kier alpha value is -3.59. The first-order chi connectivity index (χ1) is 18.4. The number of imidazole rings is 1. The van der Waals surface area contributed by atoms with E-state index in [2.05, 4.69) is 21.9 Å². The lowest BCUT2D eigenvalue weighted by Crippen LogP contribution is -2.30. The number of amides is 1. The van der Waals surface area contributed by atoms with Gasteiger partial charge in [0, 0.05) is 36.4 Å². The Balaban J connectivity index is 1.49. The van der Waals surface area contributed by atoms with Crippen molar-refractivity contribution in [2.24, 2.45) is 0 Å². The largest absolute Gasteiger partial charge is 0.378 e. The van der Waals surface area contributed by atoms with Gasteiger partial charge in [-0.1, -0.05) is 11.2 Å². The summed E-state index contributed by atoms with van der Waals surface area (Å²) in [6, 6.07) is 9.53. The highest BCUT2D eigenvalue weighted by molar-refractivity contribution is 5.96. The molecule has 1 saturated heterocycles. The fourth-order valence-corrected chi connectivity index (χ4v) is 6.21. The molecule has 1 saturated carbocycles. The molecule has 38 heavy (non-hydrogen) atoms. The van der Waals surface area contributed by atoms with Crippen molar-refractivity contribution in [2.75, 3.05) is 11.5 Å². The lowest BCUT2D eigenvalue weighted by atomic mass is 10.0. The number of nitrogens with zero attached hydrogens (tertiary/aromatic N) is 4. The molecule has 2 aliphatic rings. The first-order valence-corrected chi connectivity index (χ1v) is 13.2. The molecule has 0 radical (unpaired) electrons. The van der Waals surface area contributed by atoms with Crippen LogP contribution in [0.5, 0.6) is 0 Å². The monoisotopic (exact) mass is 520 g/mol. The van der Waals surface area contributed by atoms with Gasteiger partial charge in [0.15, 0.2) is 11.6 Å². The topological polar surface area (TPSA) is 73.4 Å². The summed E-state index contributed by atoms with van der Waals surface area (Å²) in [4.78, 5) is 19.7. The Morgan fingerprint density at radius 2 is 1.92 bits per heavy atom. The Bertz CT molecular complexity index is 1510. The zero-order valence-electron chi connectivity index (χ0n) is 21.7. The maximum atomic E-state index is 14.2. The van der Waals surface area contributed by atoms with Crippen LogP contribution in [0, 0.1) is 25.5 Å². The molecule has 198 valence electrons. The summed E-state index contributed by atoms with van der Waals surface area (Å²) in [5.41, 5.74) is 4.83. The lowest BCUT2D eigenvalue weighted by molar-refractivity contribution is -0.117. The molecule has 0 bridgehead atoms. The molecule has 1 unspecified atom stereocenters. The number of halogens is 2. The summed E-state index contributed by atoms with van der Waals surface area (Å²) in [6.07, 6.45) is 3.75. The van der Waals surface area contributed by atoms with E-state index in [9.17, 15) is 13.6 Å². The van der Waals surface area contributed by atoms with E-state index in [1.165, 1.54) is 6.07 Å². The average molecular weight is 521 g/mol. The van der Waals surface area contributed by atoms with E-state index >= 15 is 0 Å².